The molecule has 1 aliphatic rings. The lowest BCUT2D eigenvalue weighted by molar-refractivity contribution is -0.139. The number of halogens is 4. The molecular weight excluding hydrogens is 325 g/mol. The summed E-state index contributed by atoms with van der Waals surface area (Å²) >= 11 is 3.15. The fraction of sp³-hybridized carbons (Fsp3) is 0.538. The number of benzene rings is 1. The molecule has 2 nitrogen and oxygen atoms in total. The Morgan fingerprint density at radius 2 is 2.16 bits per heavy atom. The summed E-state index contributed by atoms with van der Waals surface area (Å²) in [6.45, 7) is 1.47. The Labute approximate surface area is 118 Å². The zero-order chi connectivity index (χ0) is 13.9. The minimum atomic E-state index is -4.40. The largest absolute Gasteiger partial charge is 0.493 e. The van der Waals surface area contributed by atoms with Crippen LogP contribution in [0.5, 0.6) is 5.75 Å². The fourth-order valence-electron chi connectivity index (χ4n) is 1.93. The number of alkyl halides is 4. The molecular formula is C13H14BrF3O2. The third-order valence-corrected chi connectivity index (χ3v) is 3.65. The molecule has 0 N–H and O–H groups in total. The lowest BCUT2D eigenvalue weighted by atomic mass is 10.1. The van der Waals surface area contributed by atoms with Crippen molar-refractivity contribution in [3.63, 3.8) is 0 Å². The van der Waals surface area contributed by atoms with E-state index in [0.29, 0.717) is 24.1 Å². The normalized spacial score (nSPS) is 19.7. The standard InChI is InChI=1S/C13H14BrF3O2/c14-6-9-1-2-12(11(5-9)13(15,16)17)19-8-10-3-4-18-7-10/h1-2,5,10H,3-4,6-8H2. The van der Waals surface area contributed by atoms with Crippen LogP contribution >= 0.6 is 15.9 Å². The summed E-state index contributed by atoms with van der Waals surface area (Å²) in [5.41, 5.74) is -0.146. The van der Waals surface area contributed by atoms with E-state index < -0.39 is 11.7 Å². The molecule has 1 aliphatic heterocycles. The van der Waals surface area contributed by atoms with Gasteiger partial charge in [0.05, 0.1) is 18.8 Å². The van der Waals surface area contributed by atoms with Gasteiger partial charge in [-0.2, -0.15) is 13.2 Å². The van der Waals surface area contributed by atoms with Crippen LogP contribution < -0.4 is 4.74 Å². The topological polar surface area (TPSA) is 18.5 Å². The Bertz CT molecular complexity index is 428. The molecule has 1 atom stereocenters. The summed E-state index contributed by atoms with van der Waals surface area (Å²) < 4.78 is 49.3. The second-order valence-corrected chi connectivity index (χ2v) is 5.06. The molecule has 0 aromatic heterocycles. The first-order chi connectivity index (χ1) is 9.00. The molecule has 1 heterocycles. The maximum atomic E-state index is 12.9. The van der Waals surface area contributed by atoms with E-state index in [0.717, 1.165) is 12.5 Å². The number of ether oxygens (including phenoxy) is 2. The van der Waals surface area contributed by atoms with Gasteiger partial charge in [0.1, 0.15) is 5.75 Å². The van der Waals surface area contributed by atoms with Crippen LogP contribution in [0.3, 0.4) is 0 Å². The molecule has 1 aromatic carbocycles. The average molecular weight is 339 g/mol. The first-order valence-corrected chi connectivity index (χ1v) is 7.09. The van der Waals surface area contributed by atoms with Crippen molar-refractivity contribution in [2.75, 3.05) is 19.8 Å². The fourth-order valence-corrected chi connectivity index (χ4v) is 2.28. The summed E-state index contributed by atoms with van der Waals surface area (Å²) in [6.07, 6.45) is -3.57. The molecule has 1 fully saturated rings. The summed E-state index contributed by atoms with van der Waals surface area (Å²) in [4.78, 5) is 0. The Balaban J connectivity index is 2.13. The molecule has 2 rings (SSSR count). The van der Waals surface area contributed by atoms with E-state index >= 15 is 0 Å². The Morgan fingerprint density at radius 3 is 2.74 bits per heavy atom. The molecule has 1 unspecified atom stereocenters. The maximum Gasteiger partial charge on any atom is 0.419 e. The van der Waals surface area contributed by atoms with Crippen molar-refractivity contribution < 1.29 is 22.6 Å². The third kappa shape index (κ3) is 3.86. The lowest BCUT2D eigenvalue weighted by Gasteiger charge is -2.16. The van der Waals surface area contributed by atoms with Gasteiger partial charge in [-0.25, -0.2) is 0 Å². The van der Waals surface area contributed by atoms with Gasteiger partial charge in [0.15, 0.2) is 0 Å². The molecule has 0 saturated carbocycles. The van der Waals surface area contributed by atoms with Crippen molar-refractivity contribution in [1.29, 1.82) is 0 Å². The summed E-state index contributed by atoms with van der Waals surface area (Å²) in [5.74, 6) is 0.0704. The molecule has 0 radical (unpaired) electrons. The Hall–Kier alpha value is -0.750. The highest BCUT2D eigenvalue weighted by Gasteiger charge is 2.34. The van der Waals surface area contributed by atoms with Crippen molar-refractivity contribution in [2.24, 2.45) is 5.92 Å². The highest BCUT2D eigenvalue weighted by molar-refractivity contribution is 9.08. The van der Waals surface area contributed by atoms with E-state index in [4.69, 9.17) is 9.47 Å². The molecule has 1 aromatic rings. The number of hydrogen-bond acceptors (Lipinski definition) is 2. The van der Waals surface area contributed by atoms with Crippen molar-refractivity contribution in [3.05, 3.63) is 29.3 Å². The van der Waals surface area contributed by atoms with E-state index in [9.17, 15) is 13.2 Å². The minimum absolute atomic E-state index is 0.107. The molecule has 1 saturated heterocycles. The zero-order valence-electron chi connectivity index (χ0n) is 10.2. The SMILES string of the molecule is FC(F)(F)c1cc(CBr)ccc1OCC1CCOC1. The van der Waals surface area contributed by atoms with Gasteiger partial charge in [-0.1, -0.05) is 22.0 Å². The van der Waals surface area contributed by atoms with Crippen LogP contribution in [0.15, 0.2) is 18.2 Å². The molecule has 6 heteroatoms. The number of rotatable bonds is 4. The van der Waals surface area contributed by atoms with Gasteiger partial charge in [-0.05, 0) is 24.1 Å². The highest BCUT2D eigenvalue weighted by Crippen LogP contribution is 2.37. The van der Waals surface area contributed by atoms with Crippen molar-refractivity contribution in [2.45, 2.75) is 17.9 Å². The van der Waals surface area contributed by atoms with Crippen LogP contribution in [0.1, 0.15) is 17.5 Å². The van der Waals surface area contributed by atoms with Crippen LogP contribution in [-0.4, -0.2) is 19.8 Å². The third-order valence-electron chi connectivity index (χ3n) is 3.00. The Morgan fingerprint density at radius 1 is 1.37 bits per heavy atom. The van der Waals surface area contributed by atoms with Crippen molar-refractivity contribution >= 4 is 15.9 Å². The predicted octanol–water partition coefficient (Wildman–Crippen LogP) is 4.02. The molecule has 0 aliphatic carbocycles. The first-order valence-electron chi connectivity index (χ1n) is 5.97. The molecule has 0 amide bonds. The van der Waals surface area contributed by atoms with Crippen molar-refractivity contribution in [3.8, 4) is 5.75 Å². The van der Waals surface area contributed by atoms with Crippen molar-refractivity contribution in [1.82, 2.24) is 0 Å². The second kappa shape index (κ2) is 6.13. The molecule has 106 valence electrons. The van der Waals surface area contributed by atoms with Crippen LogP contribution in [0, 0.1) is 5.92 Å². The lowest BCUT2D eigenvalue weighted by Crippen LogP contribution is -2.15. The smallest absolute Gasteiger partial charge is 0.419 e. The highest BCUT2D eigenvalue weighted by atomic mass is 79.9. The first kappa shape index (κ1) is 14.7. The Kier molecular flexibility index (Phi) is 4.73. The van der Waals surface area contributed by atoms with E-state index in [-0.39, 0.29) is 18.3 Å². The molecule has 0 bridgehead atoms. The summed E-state index contributed by atoms with van der Waals surface area (Å²) in [7, 11) is 0. The van der Waals surface area contributed by atoms with Gasteiger partial charge in [-0.3, -0.25) is 0 Å². The quantitative estimate of drug-likeness (QED) is 0.772. The van der Waals surface area contributed by atoms with Gasteiger partial charge < -0.3 is 9.47 Å². The van der Waals surface area contributed by atoms with Gasteiger partial charge in [-0.15, -0.1) is 0 Å². The minimum Gasteiger partial charge on any atom is -0.493 e. The maximum absolute atomic E-state index is 12.9. The summed E-state index contributed by atoms with van der Waals surface area (Å²) in [5, 5.41) is 0.382. The van der Waals surface area contributed by atoms with E-state index in [1.807, 2.05) is 0 Å². The van der Waals surface area contributed by atoms with Gasteiger partial charge in [0.25, 0.3) is 0 Å². The number of hydrogen-bond donors (Lipinski definition) is 0. The predicted molar refractivity (Wildman–Crippen MR) is 68.5 cm³/mol. The van der Waals surface area contributed by atoms with E-state index in [2.05, 4.69) is 15.9 Å². The second-order valence-electron chi connectivity index (χ2n) is 4.50. The monoisotopic (exact) mass is 338 g/mol. The van der Waals surface area contributed by atoms with Crippen LogP contribution in [0.25, 0.3) is 0 Å². The van der Waals surface area contributed by atoms with Gasteiger partial charge >= 0.3 is 6.18 Å². The van der Waals surface area contributed by atoms with E-state index in [1.54, 1.807) is 6.07 Å². The summed E-state index contributed by atoms with van der Waals surface area (Å²) in [6, 6.07) is 4.13. The van der Waals surface area contributed by atoms with Gasteiger partial charge in [0, 0.05) is 17.9 Å². The van der Waals surface area contributed by atoms with Crippen LogP contribution in [0.4, 0.5) is 13.2 Å². The average Bonchev–Trinajstić information content (AvgIpc) is 2.88. The van der Waals surface area contributed by atoms with Gasteiger partial charge in [0.2, 0.25) is 0 Å². The van der Waals surface area contributed by atoms with Crippen LogP contribution in [0.2, 0.25) is 0 Å². The van der Waals surface area contributed by atoms with E-state index in [1.165, 1.54) is 6.07 Å². The molecule has 0 spiro atoms. The zero-order valence-corrected chi connectivity index (χ0v) is 11.8. The van der Waals surface area contributed by atoms with Crippen LogP contribution in [-0.2, 0) is 16.2 Å². The molecule has 19 heavy (non-hydrogen) atoms.